The number of rotatable bonds is 3. The van der Waals surface area contributed by atoms with Gasteiger partial charge in [-0.3, -0.25) is 19.3 Å². The number of hydrogen-bond acceptors (Lipinski definition) is 3. The molecule has 1 heterocycles. The number of carboxylic acid groups (broad SMARTS) is 1. The topological polar surface area (TPSA) is 74.7 Å². The normalized spacial score (nSPS) is 44.1. The molecule has 0 aromatic heterocycles. The second kappa shape index (κ2) is 7.30. The van der Waals surface area contributed by atoms with Crippen LogP contribution in [0.15, 0.2) is 42.0 Å². The van der Waals surface area contributed by atoms with Gasteiger partial charge >= 0.3 is 5.97 Å². The third-order valence-electron chi connectivity index (χ3n) is 11.2. The third-order valence-corrected chi connectivity index (χ3v) is 11.2. The van der Waals surface area contributed by atoms with Gasteiger partial charge in [-0.2, -0.15) is 0 Å². The predicted octanol–water partition coefficient (Wildman–Crippen LogP) is 5.70. The first-order valence-electron chi connectivity index (χ1n) is 13.4. The Hall–Kier alpha value is -2.43. The summed E-state index contributed by atoms with van der Waals surface area (Å²) in [7, 11) is 0. The molecule has 3 saturated carbocycles. The monoisotopic (exact) mass is 475 g/mol. The molecule has 6 aliphatic rings. The highest BCUT2D eigenvalue weighted by Gasteiger charge is 2.73. The van der Waals surface area contributed by atoms with Crippen molar-refractivity contribution in [2.75, 3.05) is 4.90 Å². The number of amides is 2. The molecular weight excluding hydrogens is 438 g/mol. The molecule has 35 heavy (non-hydrogen) atoms. The van der Waals surface area contributed by atoms with Crippen molar-refractivity contribution in [2.45, 2.75) is 66.2 Å². The molecule has 1 aromatic rings. The van der Waals surface area contributed by atoms with Gasteiger partial charge in [0.25, 0.3) is 0 Å². The lowest BCUT2D eigenvalue weighted by molar-refractivity contribution is -0.194. The Balaban J connectivity index is 1.50. The summed E-state index contributed by atoms with van der Waals surface area (Å²) in [6, 6.07) is 9.39. The number of carbonyl (C=O) groups is 3. The van der Waals surface area contributed by atoms with E-state index in [0.717, 1.165) is 38.5 Å². The summed E-state index contributed by atoms with van der Waals surface area (Å²) >= 11 is 0. The van der Waals surface area contributed by atoms with Gasteiger partial charge in [0.1, 0.15) is 0 Å². The quantitative estimate of drug-likeness (QED) is 0.449. The molecule has 0 unspecified atom stereocenters. The summed E-state index contributed by atoms with van der Waals surface area (Å²) in [6.07, 6.45) is 7.58. The molecule has 1 aliphatic heterocycles. The first-order chi connectivity index (χ1) is 16.6. The van der Waals surface area contributed by atoms with Crippen molar-refractivity contribution >= 4 is 23.5 Å². The Morgan fingerprint density at radius 3 is 2.40 bits per heavy atom. The van der Waals surface area contributed by atoms with Crippen LogP contribution in [0.2, 0.25) is 0 Å². The zero-order valence-corrected chi connectivity index (χ0v) is 21.3. The van der Waals surface area contributed by atoms with E-state index in [4.69, 9.17) is 0 Å². The van der Waals surface area contributed by atoms with Crippen molar-refractivity contribution in [1.82, 2.24) is 0 Å². The van der Waals surface area contributed by atoms with Crippen molar-refractivity contribution in [3.05, 3.63) is 42.0 Å². The number of allylic oxidation sites excluding steroid dienone is 2. The molecule has 8 atom stereocenters. The molecule has 5 heteroatoms. The van der Waals surface area contributed by atoms with E-state index in [-0.39, 0.29) is 52.2 Å². The van der Waals surface area contributed by atoms with Crippen LogP contribution in [0.25, 0.3) is 0 Å². The molecule has 1 spiro atoms. The lowest BCUT2D eigenvalue weighted by Gasteiger charge is -2.68. The van der Waals surface area contributed by atoms with Crippen LogP contribution in [0.5, 0.6) is 0 Å². The second-order valence-electron chi connectivity index (χ2n) is 12.8. The van der Waals surface area contributed by atoms with Crippen LogP contribution in [-0.2, 0) is 14.4 Å². The average Bonchev–Trinajstić information content (AvgIpc) is 3.11. The standard InChI is InChI=1S/C30H37NO4/c1-17(2)20-16-30-14-11-21-28(3,12-8-13-29(21,4)27(34)35)22(30)15-19(20)23-24(30)26(33)31(25(23)32)18-9-6-5-7-10-18/h5-7,9-10,16-17,19,21-24H,8,11-15H2,1-4H3,(H,34,35)/t19-,21-,22-,23-,24-,28-,29+,30-/m0/s1. The maximum atomic E-state index is 14.1. The molecule has 2 amide bonds. The molecule has 1 aromatic carbocycles. The van der Waals surface area contributed by atoms with Gasteiger partial charge in [-0.15, -0.1) is 0 Å². The molecule has 5 aliphatic carbocycles. The third kappa shape index (κ3) is 2.73. The summed E-state index contributed by atoms with van der Waals surface area (Å²) in [6.45, 7) is 8.69. The minimum atomic E-state index is -0.721. The average molecular weight is 476 g/mol. The van der Waals surface area contributed by atoms with Crippen molar-refractivity contribution in [3.8, 4) is 0 Å². The van der Waals surface area contributed by atoms with Crippen LogP contribution >= 0.6 is 0 Å². The SMILES string of the molecule is CC(C)C1=C[C@@]23CC[C@H]4[C@](C)(CCC[C@@]4(C)C(=O)O)[C@@H]2C[C@@H]1[C@@H]1C(=O)N(c2ccccc2)C(=O)[C@H]13. The van der Waals surface area contributed by atoms with Gasteiger partial charge in [0.15, 0.2) is 0 Å². The number of aliphatic carboxylic acids is 1. The number of benzene rings is 1. The minimum Gasteiger partial charge on any atom is -0.481 e. The second-order valence-corrected chi connectivity index (χ2v) is 12.8. The van der Waals surface area contributed by atoms with E-state index in [1.54, 1.807) is 0 Å². The van der Waals surface area contributed by atoms with Crippen molar-refractivity contribution in [1.29, 1.82) is 0 Å². The molecule has 1 saturated heterocycles. The number of para-hydroxylation sites is 1. The Labute approximate surface area is 208 Å². The molecule has 5 nitrogen and oxygen atoms in total. The molecule has 1 N–H and O–H groups in total. The molecule has 0 radical (unpaired) electrons. The molecule has 186 valence electrons. The highest BCUT2D eigenvalue weighted by molar-refractivity contribution is 6.22. The largest absolute Gasteiger partial charge is 0.481 e. The van der Waals surface area contributed by atoms with Gasteiger partial charge in [-0.25, -0.2) is 0 Å². The van der Waals surface area contributed by atoms with Gasteiger partial charge < -0.3 is 5.11 Å². The van der Waals surface area contributed by atoms with Crippen molar-refractivity contribution in [2.24, 2.45) is 51.8 Å². The summed E-state index contributed by atoms with van der Waals surface area (Å²) in [5, 5.41) is 10.3. The highest BCUT2D eigenvalue weighted by atomic mass is 16.4. The predicted molar refractivity (Wildman–Crippen MR) is 133 cm³/mol. The molecule has 2 bridgehead atoms. The van der Waals surface area contributed by atoms with Gasteiger partial charge in [-0.1, -0.05) is 57.0 Å². The maximum Gasteiger partial charge on any atom is 0.309 e. The van der Waals surface area contributed by atoms with Crippen LogP contribution < -0.4 is 4.90 Å². The van der Waals surface area contributed by atoms with Gasteiger partial charge in [0.05, 0.1) is 22.9 Å². The number of carboxylic acids is 1. The van der Waals surface area contributed by atoms with Crippen LogP contribution in [0.1, 0.15) is 66.2 Å². The van der Waals surface area contributed by atoms with E-state index in [2.05, 4.69) is 26.8 Å². The van der Waals surface area contributed by atoms with Crippen LogP contribution in [0.3, 0.4) is 0 Å². The fourth-order valence-electron chi connectivity index (χ4n) is 9.79. The van der Waals surface area contributed by atoms with E-state index in [0.29, 0.717) is 11.6 Å². The fourth-order valence-corrected chi connectivity index (χ4v) is 9.79. The Morgan fingerprint density at radius 1 is 1.03 bits per heavy atom. The van der Waals surface area contributed by atoms with E-state index in [1.807, 2.05) is 37.3 Å². The first kappa shape index (κ1) is 23.0. The van der Waals surface area contributed by atoms with Crippen LogP contribution in [0, 0.1) is 51.8 Å². The van der Waals surface area contributed by atoms with E-state index in [1.165, 1.54) is 10.5 Å². The number of anilines is 1. The van der Waals surface area contributed by atoms with Crippen molar-refractivity contribution in [3.63, 3.8) is 0 Å². The summed E-state index contributed by atoms with van der Waals surface area (Å²) in [5.74, 6) is -0.668. The number of hydrogen-bond donors (Lipinski definition) is 1. The van der Waals surface area contributed by atoms with Crippen LogP contribution in [-0.4, -0.2) is 22.9 Å². The van der Waals surface area contributed by atoms with E-state index < -0.39 is 11.4 Å². The maximum absolute atomic E-state index is 14.1. The number of carbonyl (C=O) groups excluding carboxylic acids is 2. The lowest BCUT2D eigenvalue weighted by Crippen LogP contribution is -2.65. The van der Waals surface area contributed by atoms with Gasteiger partial charge in [0.2, 0.25) is 11.8 Å². The Kier molecular flexibility index (Phi) is 4.80. The highest BCUT2D eigenvalue weighted by Crippen LogP contribution is 2.74. The minimum absolute atomic E-state index is 0.0356. The Morgan fingerprint density at radius 2 is 1.74 bits per heavy atom. The van der Waals surface area contributed by atoms with E-state index >= 15 is 0 Å². The van der Waals surface area contributed by atoms with E-state index in [9.17, 15) is 19.5 Å². The smallest absolute Gasteiger partial charge is 0.309 e. The summed E-state index contributed by atoms with van der Waals surface area (Å²) in [4.78, 5) is 42.0. The number of fused-ring (bicyclic) bond motifs is 1. The Bertz CT molecular complexity index is 1140. The van der Waals surface area contributed by atoms with Gasteiger partial charge in [0, 0.05) is 5.41 Å². The number of imide groups is 1. The summed E-state index contributed by atoms with van der Waals surface area (Å²) < 4.78 is 0. The molecule has 4 fully saturated rings. The molecule has 7 rings (SSSR count). The zero-order valence-electron chi connectivity index (χ0n) is 21.3. The van der Waals surface area contributed by atoms with Crippen LogP contribution in [0.4, 0.5) is 5.69 Å². The van der Waals surface area contributed by atoms with Crippen molar-refractivity contribution < 1.29 is 19.5 Å². The lowest BCUT2D eigenvalue weighted by atomic mass is 9.34. The fraction of sp³-hybridized carbons (Fsp3) is 0.633. The summed E-state index contributed by atoms with van der Waals surface area (Å²) in [5.41, 5.74) is 0.789. The number of nitrogens with zero attached hydrogens (tertiary/aromatic N) is 1. The molecular formula is C30H37NO4. The first-order valence-corrected chi connectivity index (χ1v) is 13.4. The zero-order chi connectivity index (χ0) is 24.9. The van der Waals surface area contributed by atoms with Gasteiger partial charge in [-0.05, 0) is 80.2 Å².